The van der Waals surface area contributed by atoms with Gasteiger partial charge < -0.3 is 10.2 Å². The first kappa shape index (κ1) is 10.0. The normalized spacial score (nSPS) is 26.0. The molecule has 2 aliphatic rings. The van der Waals surface area contributed by atoms with Crippen LogP contribution in [0.25, 0.3) is 0 Å². The summed E-state index contributed by atoms with van der Waals surface area (Å²) >= 11 is 1.78. The molecule has 3 nitrogen and oxygen atoms in total. The smallest absolute Gasteiger partial charge is 0.319 e. The molecule has 1 N–H and O–H groups in total. The standard InChI is InChI=1S/C12H14N2OS/c1-12(2)10-14(11(15)13-12)7-8-5-3-4-6-9(8)16-10/h3-6,10H,7H2,1-2H3,(H,13,15)/t10-/m0/s1. The van der Waals surface area contributed by atoms with Crippen molar-refractivity contribution in [1.29, 1.82) is 0 Å². The van der Waals surface area contributed by atoms with Crippen LogP contribution in [0, 0.1) is 0 Å². The topological polar surface area (TPSA) is 32.3 Å². The zero-order valence-electron chi connectivity index (χ0n) is 9.36. The number of thioether (sulfide) groups is 1. The van der Waals surface area contributed by atoms with Gasteiger partial charge in [0.05, 0.1) is 5.54 Å². The average molecular weight is 234 g/mol. The van der Waals surface area contributed by atoms with E-state index in [0.29, 0.717) is 0 Å². The summed E-state index contributed by atoms with van der Waals surface area (Å²) in [5.41, 5.74) is 1.09. The van der Waals surface area contributed by atoms with Gasteiger partial charge in [0.2, 0.25) is 0 Å². The second kappa shape index (κ2) is 3.17. The van der Waals surface area contributed by atoms with Crippen molar-refractivity contribution in [3.63, 3.8) is 0 Å². The fourth-order valence-corrected chi connectivity index (χ4v) is 3.66. The molecule has 3 rings (SSSR count). The monoisotopic (exact) mass is 234 g/mol. The molecule has 1 aromatic carbocycles. The third kappa shape index (κ3) is 1.33. The zero-order chi connectivity index (χ0) is 11.3. The second-order valence-corrected chi connectivity index (χ2v) is 5.98. The Morgan fingerprint density at radius 3 is 3.00 bits per heavy atom. The third-order valence-electron chi connectivity index (χ3n) is 3.14. The molecule has 1 fully saturated rings. The van der Waals surface area contributed by atoms with Gasteiger partial charge in [-0.1, -0.05) is 30.0 Å². The molecule has 0 aliphatic carbocycles. The third-order valence-corrected chi connectivity index (χ3v) is 4.86. The van der Waals surface area contributed by atoms with Crippen molar-refractivity contribution >= 4 is 17.8 Å². The van der Waals surface area contributed by atoms with Crippen LogP contribution in [-0.4, -0.2) is 21.8 Å². The molecular formula is C12H14N2OS. The fraction of sp³-hybridized carbons (Fsp3) is 0.417. The van der Waals surface area contributed by atoms with E-state index >= 15 is 0 Å². The lowest BCUT2D eigenvalue weighted by atomic mass is 10.1. The lowest BCUT2D eigenvalue weighted by Gasteiger charge is -2.34. The molecule has 1 saturated heterocycles. The van der Waals surface area contributed by atoms with Crippen LogP contribution in [0.1, 0.15) is 19.4 Å². The van der Waals surface area contributed by atoms with Gasteiger partial charge in [0, 0.05) is 11.4 Å². The number of hydrogen-bond acceptors (Lipinski definition) is 2. The Morgan fingerprint density at radius 2 is 2.19 bits per heavy atom. The molecule has 0 bridgehead atoms. The highest BCUT2D eigenvalue weighted by Crippen LogP contribution is 2.42. The Labute approximate surface area is 99.2 Å². The van der Waals surface area contributed by atoms with E-state index in [1.165, 1.54) is 10.5 Å². The summed E-state index contributed by atoms with van der Waals surface area (Å²) in [6.07, 6.45) is 0. The maximum absolute atomic E-state index is 11.8. The van der Waals surface area contributed by atoms with Crippen molar-refractivity contribution in [2.24, 2.45) is 0 Å². The lowest BCUT2D eigenvalue weighted by molar-refractivity contribution is 0.210. The van der Waals surface area contributed by atoms with Gasteiger partial charge in [0.1, 0.15) is 5.37 Å². The maximum Gasteiger partial charge on any atom is 0.319 e. The minimum absolute atomic E-state index is 0.0528. The number of amides is 2. The summed E-state index contributed by atoms with van der Waals surface area (Å²) < 4.78 is 0. The molecule has 0 saturated carbocycles. The average Bonchev–Trinajstić information content (AvgIpc) is 2.47. The van der Waals surface area contributed by atoms with Crippen LogP contribution < -0.4 is 5.32 Å². The summed E-state index contributed by atoms with van der Waals surface area (Å²) in [5.74, 6) is 0. The number of hydrogen-bond donors (Lipinski definition) is 1. The Bertz CT molecular complexity index is 458. The van der Waals surface area contributed by atoms with Crippen molar-refractivity contribution in [1.82, 2.24) is 10.2 Å². The van der Waals surface area contributed by atoms with Gasteiger partial charge in [-0.05, 0) is 25.5 Å². The quantitative estimate of drug-likeness (QED) is 0.747. The molecule has 0 spiro atoms. The first-order chi connectivity index (χ1) is 7.58. The van der Waals surface area contributed by atoms with Crippen LogP contribution in [-0.2, 0) is 6.54 Å². The van der Waals surface area contributed by atoms with Gasteiger partial charge in [0.15, 0.2) is 0 Å². The molecule has 2 amide bonds. The largest absolute Gasteiger partial charge is 0.330 e. The van der Waals surface area contributed by atoms with Crippen LogP contribution >= 0.6 is 11.8 Å². The van der Waals surface area contributed by atoms with E-state index < -0.39 is 0 Å². The number of nitrogens with zero attached hydrogens (tertiary/aromatic N) is 1. The van der Waals surface area contributed by atoms with Crippen LogP contribution in [0.4, 0.5) is 4.79 Å². The Kier molecular flexibility index (Phi) is 1.98. The maximum atomic E-state index is 11.8. The molecular weight excluding hydrogens is 220 g/mol. The Balaban J connectivity index is 2.02. The van der Waals surface area contributed by atoms with Crippen LogP contribution in [0.5, 0.6) is 0 Å². The number of nitrogens with one attached hydrogen (secondary N) is 1. The summed E-state index contributed by atoms with van der Waals surface area (Å²) in [6, 6.07) is 8.36. The second-order valence-electron chi connectivity index (χ2n) is 4.86. The number of carbonyl (C=O) groups is 1. The molecule has 1 aromatic rings. The number of urea groups is 1. The predicted molar refractivity (Wildman–Crippen MR) is 64.2 cm³/mol. The molecule has 84 valence electrons. The van der Waals surface area contributed by atoms with Crippen LogP contribution in [0.3, 0.4) is 0 Å². The van der Waals surface area contributed by atoms with E-state index in [1.54, 1.807) is 11.8 Å². The zero-order valence-corrected chi connectivity index (χ0v) is 10.2. The van der Waals surface area contributed by atoms with Gasteiger partial charge in [-0.25, -0.2) is 4.79 Å². The van der Waals surface area contributed by atoms with Gasteiger partial charge in [0.25, 0.3) is 0 Å². The minimum atomic E-state index is -0.157. The van der Waals surface area contributed by atoms with Crippen LogP contribution in [0.15, 0.2) is 29.2 Å². The van der Waals surface area contributed by atoms with Gasteiger partial charge in [-0.3, -0.25) is 0 Å². The van der Waals surface area contributed by atoms with Crippen molar-refractivity contribution in [2.45, 2.75) is 36.2 Å². The molecule has 1 atom stereocenters. The van der Waals surface area contributed by atoms with Crippen LogP contribution in [0.2, 0.25) is 0 Å². The molecule has 0 unspecified atom stereocenters. The molecule has 2 aliphatic heterocycles. The molecule has 16 heavy (non-hydrogen) atoms. The summed E-state index contributed by atoms with van der Waals surface area (Å²) in [5, 5.41) is 3.24. The SMILES string of the molecule is CC1(C)NC(=O)N2Cc3ccccc3S[C@H]21. The molecule has 0 aromatic heterocycles. The first-order valence-electron chi connectivity index (χ1n) is 5.41. The molecule has 4 heteroatoms. The van der Waals surface area contributed by atoms with E-state index in [-0.39, 0.29) is 16.9 Å². The summed E-state index contributed by atoms with van der Waals surface area (Å²) in [7, 11) is 0. The van der Waals surface area contributed by atoms with Crippen molar-refractivity contribution < 1.29 is 4.79 Å². The Morgan fingerprint density at radius 1 is 1.44 bits per heavy atom. The summed E-state index contributed by atoms with van der Waals surface area (Å²) in [6.45, 7) is 4.89. The fourth-order valence-electron chi connectivity index (χ4n) is 2.32. The highest BCUT2D eigenvalue weighted by Gasteiger charge is 2.47. The number of rotatable bonds is 0. The first-order valence-corrected chi connectivity index (χ1v) is 6.29. The van der Waals surface area contributed by atoms with E-state index in [0.717, 1.165) is 6.54 Å². The van der Waals surface area contributed by atoms with Gasteiger partial charge in [-0.15, -0.1) is 0 Å². The summed E-state index contributed by atoms with van der Waals surface area (Å²) in [4.78, 5) is 15.1. The van der Waals surface area contributed by atoms with E-state index in [4.69, 9.17) is 0 Å². The predicted octanol–water partition coefficient (Wildman–Crippen LogP) is 2.42. The lowest BCUT2D eigenvalue weighted by Crippen LogP contribution is -2.43. The van der Waals surface area contributed by atoms with Crippen molar-refractivity contribution in [2.75, 3.05) is 0 Å². The highest BCUT2D eigenvalue weighted by molar-refractivity contribution is 8.00. The number of carbonyl (C=O) groups excluding carboxylic acids is 1. The van der Waals surface area contributed by atoms with Gasteiger partial charge in [-0.2, -0.15) is 0 Å². The van der Waals surface area contributed by atoms with Gasteiger partial charge >= 0.3 is 6.03 Å². The highest BCUT2D eigenvalue weighted by atomic mass is 32.2. The van der Waals surface area contributed by atoms with E-state index in [9.17, 15) is 4.79 Å². The molecule has 0 radical (unpaired) electrons. The minimum Gasteiger partial charge on any atom is -0.330 e. The van der Waals surface area contributed by atoms with Crippen molar-refractivity contribution in [3.8, 4) is 0 Å². The molecule has 2 heterocycles. The Hall–Kier alpha value is -1.16. The number of benzene rings is 1. The van der Waals surface area contributed by atoms with E-state index in [1.807, 2.05) is 11.0 Å². The van der Waals surface area contributed by atoms with E-state index in [2.05, 4.69) is 37.4 Å². The number of fused-ring (bicyclic) bond motifs is 2. The van der Waals surface area contributed by atoms with Crippen molar-refractivity contribution in [3.05, 3.63) is 29.8 Å².